The van der Waals surface area contributed by atoms with E-state index in [4.69, 9.17) is 0 Å². The van der Waals surface area contributed by atoms with Crippen molar-refractivity contribution in [2.45, 2.75) is 46.7 Å². The molecule has 1 N–H and O–H groups in total. The molecule has 2 aromatic rings. The maximum absolute atomic E-state index is 12.2. The third-order valence-electron chi connectivity index (χ3n) is 3.73. The van der Waals surface area contributed by atoms with Crippen LogP contribution >= 0.6 is 0 Å². The molecule has 118 valence electrons. The molecule has 0 aliphatic heterocycles. The molecule has 0 spiro atoms. The molecule has 1 atom stereocenters. The number of anilines is 1. The van der Waals surface area contributed by atoms with Crippen LogP contribution in [0.4, 0.5) is 5.82 Å². The molecule has 22 heavy (non-hydrogen) atoms. The monoisotopic (exact) mass is 299 g/mol. The highest BCUT2D eigenvalue weighted by Gasteiger charge is 2.10. The normalized spacial score (nSPS) is 12.4. The fourth-order valence-corrected chi connectivity index (χ4v) is 2.50. The Kier molecular flexibility index (Phi) is 5.36. The average Bonchev–Trinajstić information content (AvgIpc) is 2.49. The second kappa shape index (κ2) is 7.25. The predicted octanol–water partition coefficient (Wildman–Crippen LogP) is 3.63. The van der Waals surface area contributed by atoms with E-state index in [0.29, 0.717) is 18.3 Å². The van der Waals surface area contributed by atoms with Crippen molar-refractivity contribution < 1.29 is 0 Å². The van der Waals surface area contributed by atoms with Gasteiger partial charge in [-0.2, -0.15) is 0 Å². The summed E-state index contributed by atoms with van der Waals surface area (Å²) in [6.07, 6.45) is 4.45. The minimum atomic E-state index is -0.0757. The lowest BCUT2D eigenvalue weighted by molar-refractivity contribution is 0.647. The first-order chi connectivity index (χ1) is 10.5. The van der Waals surface area contributed by atoms with Crippen molar-refractivity contribution in [1.29, 1.82) is 0 Å². The molecule has 4 nitrogen and oxygen atoms in total. The first-order valence-corrected chi connectivity index (χ1v) is 7.92. The van der Waals surface area contributed by atoms with Crippen LogP contribution in [0.5, 0.6) is 0 Å². The van der Waals surface area contributed by atoms with E-state index in [1.165, 1.54) is 5.56 Å². The lowest BCUT2D eigenvalue weighted by atomic mass is 10.00. The second-order valence-electron chi connectivity index (χ2n) is 6.07. The van der Waals surface area contributed by atoms with E-state index in [9.17, 15) is 4.79 Å². The predicted molar refractivity (Wildman–Crippen MR) is 91.2 cm³/mol. The van der Waals surface area contributed by atoms with Crippen molar-refractivity contribution in [3.63, 3.8) is 0 Å². The van der Waals surface area contributed by atoms with E-state index < -0.39 is 0 Å². The van der Waals surface area contributed by atoms with Crippen LogP contribution in [0, 0.1) is 5.92 Å². The Labute approximate surface area is 132 Å². The van der Waals surface area contributed by atoms with Gasteiger partial charge >= 0.3 is 0 Å². The van der Waals surface area contributed by atoms with Crippen molar-refractivity contribution in [2.75, 3.05) is 5.32 Å². The van der Waals surface area contributed by atoms with Gasteiger partial charge in [0.1, 0.15) is 0 Å². The molecule has 0 amide bonds. The van der Waals surface area contributed by atoms with Gasteiger partial charge in [-0.3, -0.25) is 4.79 Å². The molecular formula is C18H25N3O. The fraction of sp³-hybridized carbons (Fsp3) is 0.444. The molecule has 0 saturated carbocycles. The molecule has 0 aliphatic rings. The van der Waals surface area contributed by atoms with Crippen LogP contribution < -0.4 is 10.9 Å². The Morgan fingerprint density at radius 2 is 1.86 bits per heavy atom. The summed E-state index contributed by atoms with van der Waals surface area (Å²) in [5, 5.41) is 3.22. The van der Waals surface area contributed by atoms with Gasteiger partial charge in [-0.25, -0.2) is 4.98 Å². The average molecular weight is 299 g/mol. The molecule has 1 unspecified atom stereocenters. The molecule has 0 bridgehead atoms. The summed E-state index contributed by atoms with van der Waals surface area (Å²) < 4.78 is 1.65. The van der Waals surface area contributed by atoms with E-state index in [0.717, 1.165) is 12.0 Å². The van der Waals surface area contributed by atoms with E-state index >= 15 is 0 Å². The molecule has 0 saturated heterocycles. The number of nitrogens with one attached hydrogen (secondary N) is 1. The topological polar surface area (TPSA) is 46.9 Å². The Hall–Kier alpha value is -2.10. The number of aryl methyl sites for hydroxylation is 1. The molecule has 0 fully saturated rings. The zero-order valence-corrected chi connectivity index (χ0v) is 13.8. The summed E-state index contributed by atoms with van der Waals surface area (Å²) in [5.41, 5.74) is 2.42. The molecule has 1 aromatic carbocycles. The Balaban J connectivity index is 2.12. The van der Waals surface area contributed by atoms with Gasteiger partial charge in [0.2, 0.25) is 0 Å². The SMILES string of the molecule is CCn1ccnc(NC(C)c2ccc(CC(C)C)cc2)c1=O. The van der Waals surface area contributed by atoms with Crippen LogP contribution in [0.25, 0.3) is 0 Å². The standard InChI is InChI=1S/C18H25N3O/c1-5-21-11-10-19-17(18(21)22)20-14(4)16-8-6-15(7-9-16)12-13(2)3/h6-11,13-14H,5,12H2,1-4H3,(H,19,20). The zero-order valence-electron chi connectivity index (χ0n) is 13.8. The van der Waals surface area contributed by atoms with E-state index in [1.807, 2.05) is 13.8 Å². The summed E-state index contributed by atoms with van der Waals surface area (Å²) in [5.74, 6) is 1.06. The van der Waals surface area contributed by atoms with Gasteiger partial charge in [-0.1, -0.05) is 38.1 Å². The fourth-order valence-electron chi connectivity index (χ4n) is 2.50. The first-order valence-electron chi connectivity index (χ1n) is 7.92. The molecule has 4 heteroatoms. The summed E-state index contributed by atoms with van der Waals surface area (Å²) in [4.78, 5) is 16.3. The van der Waals surface area contributed by atoms with Gasteiger partial charge < -0.3 is 9.88 Å². The van der Waals surface area contributed by atoms with E-state index in [1.54, 1.807) is 17.0 Å². The highest BCUT2D eigenvalue weighted by molar-refractivity contribution is 5.36. The molecular weight excluding hydrogens is 274 g/mol. The Morgan fingerprint density at radius 1 is 1.18 bits per heavy atom. The molecule has 0 aliphatic carbocycles. The lowest BCUT2D eigenvalue weighted by Gasteiger charge is -2.16. The van der Waals surface area contributed by atoms with Crippen LogP contribution in [0.2, 0.25) is 0 Å². The third kappa shape index (κ3) is 3.97. The zero-order chi connectivity index (χ0) is 16.1. The number of hydrogen-bond donors (Lipinski definition) is 1. The number of aromatic nitrogens is 2. The molecule has 1 heterocycles. The van der Waals surface area contributed by atoms with E-state index in [-0.39, 0.29) is 11.6 Å². The van der Waals surface area contributed by atoms with E-state index in [2.05, 4.69) is 48.4 Å². The minimum absolute atomic E-state index is 0.0426. The van der Waals surface area contributed by atoms with Gasteiger partial charge in [-0.15, -0.1) is 0 Å². The van der Waals surface area contributed by atoms with Gasteiger partial charge in [-0.05, 0) is 37.3 Å². The highest BCUT2D eigenvalue weighted by atomic mass is 16.1. The van der Waals surface area contributed by atoms with Crippen molar-refractivity contribution in [2.24, 2.45) is 5.92 Å². The van der Waals surface area contributed by atoms with Crippen LogP contribution in [-0.4, -0.2) is 9.55 Å². The van der Waals surface area contributed by atoms with Crippen molar-refractivity contribution in [1.82, 2.24) is 9.55 Å². The smallest absolute Gasteiger partial charge is 0.293 e. The Bertz CT molecular complexity index is 659. The maximum Gasteiger partial charge on any atom is 0.293 e. The maximum atomic E-state index is 12.2. The summed E-state index contributed by atoms with van der Waals surface area (Å²) in [7, 11) is 0. The lowest BCUT2D eigenvalue weighted by Crippen LogP contribution is -2.24. The van der Waals surface area contributed by atoms with Crippen molar-refractivity contribution >= 4 is 5.82 Å². The van der Waals surface area contributed by atoms with Crippen LogP contribution in [0.1, 0.15) is 44.9 Å². The third-order valence-corrected chi connectivity index (χ3v) is 3.73. The molecule has 0 radical (unpaired) electrons. The summed E-state index contributed by atoms with van der Waals surface area (Å²) >= 11 is 0. The summed E-state index contributed by atoms with van der Waals surface area (Å²) in [6, 6.07) is 8.61. The number of hydrogen-bond acceptors (Lipinski definition) is 3. The van der Waals surface area contributed by atoms with Crippen molar-refractivity contribution in [3.05, 3.63) is 58.1 Å². The van der Waals surface area contributed by atoms with Gasteiger partial charge in [0.15, 0.2) is 5.82 Å². The quantitative estimate of drug-likeness (QED) is 0.886. The van der Waals surface area contributed by atoms with Crippen molar-refractivity contribution in [3.8, 4) is 0 Å². The second-order valence-corrected chi connectivity index (χ2v) is 6.07. The summed E-state index contributed by atoms with van der Waals surface area (Å²) in [6.45, 7) is 9.08. The number of rotatable bonds is 6. The van der Waals surface area contributed by atoms with Gasteiger partial charge in [0.25, 0.3) is 5.56 Å². The highest BCUT2D eigenvalue weighted by Crippen LogP contribution is 2.18. The van der Waals surface area contributed by atoms with Crippen LogP contribution in [0.15, 0.2) is 41.5 Å². The van der Waals surface area contributed by atoms with Gasteiger partial charge in [0.05, 0.1) is 6.04 Å². The first kappa shape index (κ1) is 16.3. The number of benzene rings is 1. The van der Waals surface area contributed by atoms with Crippen LogP contribution in [0.3, 0.4) is 0 Å². The molecule has 2 rings (SSSR count). The number of nitrogens with zero attached hydrogens (tertiary/aromatic N) is 2. The van der Waals surface area contributed by atoms with Gasteiger partial charge in [0, 0.05) is 18.9 Å². The minimum Gasteiger partial charge on any atom is -0.359 e. The largest absolute Gasteiger partial charge is 0.359 e. The molecule has 1 aromatic heterocycles. The van der Waals surface area contributed by atoms with Crippen LogP contribution in [-0.2, 0) is 13.0 Å². The Morgan fingerprint density at radius 3 is 2.45 bits per heavy atom.